The highest BCUT2D eigenvalue weighted by Crippen LogP contribution is 2.44. The van der Waals surface area contributed by atoms with Crippen LogP contribution in [-0.4, -0.2) is 225 Å². The molecule has 0 saturated carbocycles. The Bertz CT molecular complexity index is 4480. The van der Waals surface area contributed by atoms with Crippen LogP contribution in [0.15, 0.2) is 183 Å². The third-order valence-electron chi connectivity index (χ3n) is 21.7. The third-order valence-corrected chi connectivity index (χ3v) is 21.7. The summed E-state index contributed by atoms with van der Waals surface area (Å²) in [7, 11) is 18.0. The normalized spacial score (nSPS) is 15.2. The van der Waals surface area contributed by atoms with E-state index in [0.29, 0.717) is 96.8 Å². The Morgan fingerprint density at radius 1 is 0.377 bits per heavy atom. The fourth-order valence-electron chi connectivity index (χ4n) is 15.0. The van der Waals surface area contributed by atoms with E-state index >= 15 is 0 Å². The van der Waals surface area contributed by atoms with Crippen molar-refractivity contribution < 1.29 is 102 Å². The lowest BCUT2D eigenvalue weighted by molar-refractivity contribution is 0.0706. The van der Waals surface area contributed by atoms with Crippen molar-refractivity contribution in [3.05, 3.63) is 233 Å². The van der Waals surface area contributed by atoms with Gasteiger partial charge in [0.05, 0.1) is 115 Å². The fraction of sp³-hybridized carbons (Fsp3) is 0.413. The number of aliphatic hydroxyl groups is 4. The van der Waals surface area contributed by atoms with Gasteiger partial charge in [-0.1, -0.05) is 60.7 Å². The molecule has 8 N–H and O–H groups in total. The van der Waals surface area contributed by atoms with Gasteiger partial charge in [0, 0.05) is 76.5 Å². The van der Waals surface area contributed by atoms with Crippen LogP contribution < -0.4 is 67.5 Å². The number of hydrogen-bond acceptors (Lipinski definition) is 28. The van der Waals surface area contributed by atoms with E-state index in [0.717, 1.165) is 132 Å². The molecule has 0 amide bonds. The van der Waals surface area contributed by atoms with Crippen LogP contribution >= 0.6 is 0 Å². The molecule has 0 aliphatic carbocycles. The molecular formula is C92H121B2N7O21. The molecule has 30 heteroatoms. The number of ether oxygens (including phenoxy) is 12. The van der Waals surface area contributed by atoms with Crippen LogP contribution in [0.4, 0.5) is 0 Å². The van der Waals surface area contributed by atoms with Crippen LogP contribution in [0, 0.1) is 23.7 Å². The Balaban J connectivity index is 0.000000198. The van der Waals surface area contributed by atoms with Crippen molar-refractivity contribution in [1.29, 1.82) is 0 Å². The number of pyridine rings is 3. The predicted molar refractivity (Wildman–Crippen MR) is 470 cm³/mol. The first-order valence-corrected chi connectivity index (χ1v) is 40.7. The number of nitrogens with zero attached hydrogens (tertiary/aromatic N) is 5. The Kier molecular flexibility index (Phi) is 42.2. The highest BCUT2D eigenvalue weighted by molar-refractivity contribution is 6.45. The topological polar surface area (TPSA) is 353 Å². The van der Waals surface area contributed by atoms with E-state index < -0.39 is 38.5 Å². The first-order valence-electron chi connectivity index (χ1n) is 40.7. The summed E-state index contributed by atoms with van der Waals surface area (Å²) < 4.78 is 63.5. The minimum Gasteiger partial charge on any atom is -0.493 e. The number of benzene rings is 6. The lowest BCUT2D eigenvalue weighted by atomic mass is 9.79. The minimum absolute atomic E-state index is 0.0268. The number of carbonyl (C=O) groups excluding carboxylic acids is 3. The number of aldehydes is 1. The van der Waals surface area contributed by atoms with E-state index in [1.165, 1.54) is 7.11 Å². The molecule has 4 aliphatic heterocycles. The van der Waals surface area contributed by atoms with Gasteiger partial charge in [0.15, 0.2) is 80.6 Å². The number of para-hydroxylation sites is 6. The van der Waals surface area contributed by atoms with Gasteiger partial charge in [-0.05, 0) is 226 Å². The first kappa shape index (κ1) is 98.2. The van der Waals surface area contributed by atoms with Gasteiger partial charge in [0.2, 0.25) is 0 Å². The van der Waals surface area contributed by atoms with Crippen molar-refractivity contribution in [2.24, 2.45) is 23.7 Å². The largest absolute Gasteiger partial charge is 0.493 e. The number of aromatic nitrogens is 3. The number of carbonyl (C=O) groups is 3. The molecule has 28 nitrogen and oxygen atoms in total. The number of piperidine rings is 4. The molecule has 0 radical (unpaired) electrons. The smallest absolute Gasteiger partial charge is 0.376 e. The van der Waals surface area contributed by atoms with Crippen LogP contribution in [0.1, 0.15) is 140 Å². The number of Topliss-reactive ketones (excluding diaryl/α,β-unsaturated/α-hetero) is 1. The zero-order chi connectivity index (χ0) is 88.5. The van der Waals surface area contributed by atoms with Crippen molar-refractivity contribution in [2.75, 3.05) is 138 Å². The van der Waals surface area contributed by atoms with E-state index in [4.69, 9.17) is 56.8 Å². The summed E-state index contributed by atoms with van der Waals surface area (Å²) in [5.74, 6) is 7.76. The second-order valence-electron chi connectivity index (χ2n) is 28.9. The molecular weight excluding hydrogens is 1560 g/mol. The number of methoxy groups -OCH3 is 12. The number of nitrogens with one attached hydrogen (secondary N) is 2. The summed E-state index contributed by atoms with van der Waals surface area (Å²) >= 11 is 0. The molecule has 4 atom stereocenters. The van der Waals surface area contributed by atoms with E-state index in [2.05, 4.69) is 25.6 Å². The molecule has 4 fully saturated rings. The number of aliphatic hydroxyl groups excluding tert-OH is 4. The Morgan fingerprint density at radius 2 is 0.672 bits per heavy atom. The zero-order valence-electron chi connectivity index (χ0n) is 72.5. The summed E-state index contributed by atoms with van der Waals surface area (Å²) in [5.41, 5.74) is 6.13. The van der Waals surface area contributed by atoms with Crippen molar-refractivity contribution >= 4 is 32.0 Å². The van der Waals surface area contributed by atoms with Gasteiger partial charge in [-0.25, -0.2) is 0 Å². The SMILES string of the molecule is COc1cccc(C(=O)C2CCN(B(C)O)CC2)c1OC.COc1cccc(C(=O)c2ccncc2)c1OC.COc1cccc(C(O)C2CCNCC2)c1OC.COc1cccc(C(O)c2ccncc2)c1OC.COc1cccc([C@H](O)C2CCN(B(C)O)CC2)c1OC.COc1cccc([C@H](O)C2CCNCC2)c1OC.O=Cc1ccncc1. The molecule has 4 aliphatic rings. The van der Waals surface area contributed by atoms with E-state index in [-0.39, 0.29) is 35.2 Å². The van der Waals surface area contributed by atoms with E-state index in [1.54, 1.807) is 208 Å². The lowest BCUT2D eigenvalue weighted by Crippen LogP contribution is -2.44. The van der Waals surface area contributed by atoms with Crippen LogP contribution in [0.25, 0.3) is 0 Å². The standard InChI is InChI=1S/C15H24BNO4.C15H22BNO4.2C14H21NO3.C14H15NO3.C14H13NO3.C6H5NO/c2*1-16(19)17-9-7-11(8-10-17)14(18)12-5-4-6-13(20-2)15(12)21-3;4*1-17-12-5-3-4-11(14(12)18-2)13(16)10-6-8-15-9-7-10;8-5-6-1-3-7-4-2-6/h4-6,11,14,18-19H,7-10H2,1-3H3;4-6,11,19H,7-10H2,1-3H3;2*3-5,10,13,15-16H,6-9H2,1-2H3;3-9,13,16H,1-2H3;3-9H,1-2H3;1-5H/t14-;;13-;;;;/m1.1..../s1. The molecule has 2 unspecified atom stereocenters. The second-order valence-corrected chi connectivity index (χ2v) is 28.9. The summed E-state index contributed by atoms with van der Waals surface area (Å²) in [6.07, 6.45) is 15.3. The van der Waals surface area contributed by atoms with Crippen LogP contribution in [0.3, 0.4) is 0 Å². The maximum absolute atomic E-state index is 12.7. The first-order chi connectivity index (χ1) is 59.2. The summed E-state index contributed by atoms with van der Waals surface area (Å²) in [4.78, 5) is 50.6. The molecule has 4 saturated heterocycles. The molecule has 9 aromatic rings. The van der Waals surface area contributed by atoms with Gasteiger partial charge in [-0.15, -0.1) is 0 Å². The van der Waals surface area contributed by atoms with Crippen molar-refractivity contribution in [3.8, 4) is 69.0 Å². The molecule has 0 spiro atoms. The Morgan fingerprint density at radius 3 is 1.01 bits per heavy atom. The molecule has 13 rings (SSSR count). The van der Waals surface area contributed by atoms with Gasteiger partial charge in [0.1, 0.15) is 12.4 Å². The third kappa shape index (κ3) is 27.6. The maximum atomic E-state index is 12.7. The van der Waals surface area contributed by atoms with E-state index in [9.17, 15) is 44.9 Å². The highest BCUT2D eigenvalue weighted by Gasteiger charge is 2.34. The average Bonchev–Trinajstić information content (AvgIpc) is 0.820. The van der Waals surface area contributed by atoms with Gasteiger partial charge in [-0.3, -0.25) is 29.3 Å². The summed E-state index contributed by atoms with van der Waals surface area (Å²) in [6, 6.07) is 43.1. The van der Waals surface area contributed by atoms with E-state index in [1.807, 2.05) is 76.4 Å². The summed E-state index contributed by atoms with van der Waals surface area (Å²) in [6.45, 7) is 10.5. The van der Waals surface area contributed by atoms with Crippen LogP contribution in [0.5, 0.6) is 69.0 Å². The van der Waals surface area contributed by atoms with Gasteiger partial charge >= 0.3 is 14.1 Å². The zero-order valence-corrected chi connectivity index (χ0v) is 72.5. The predicted octanol–water partition coefficient (Wildman–Crippen LogP) is 12.1. The second kappa shape index (κ2) is 52.4. The summed E-state index contributed by atoms with van der Waals surface area (Å²) in [5, 5.41) is 67.9. The average molecular weight is 1680 g/mol. The molecule has 3 aromatic heterocycles. The molecule has 122 heavy (non-hydrogen) atoms. The Hall–Kier alpha value is -10.9. The fourth-order valence-corrected chi connectivity index (χ4v) is 15.0. The minimum atomic E-state index is -0.766. The quantitative estimate of drug-likeness (QED) is 0.0135. The number of ketones is 2. The molecule has 6 aromatic carbocycles. The van der Waals surface area contributed by atoms with Crippen LogP contribution in [-0.2, 0) is 0 Å². The van der Waals surface area contributed by atoms with Crippen molar-refractivity contribution in [1.82, 2.24) is 35.2 Å². The monoisotopic (exact) mass is 1680 g/mol. The maximum Gasteiger partial charge on any atom is 0.376 e. The number of rotatable bonds is 27. The van der Waals surface area contributed by atoms with Crippen LogP contribution in [0.2, 0.25) is 13.6 Å². The van der Waals surface area contributed by atoms with Gasteiger partial charge in [-0.2, -0.15) is 0 Å². The molecule has 656 valence electrons. The van der Waals surface area contributed by atoms with Gasteiger partial charge < -0.3 is 108 Å². The van der Waals surface area contributed by atoms with Gasteiger partial charge in [0.25, 0.3) is 0 Å². The van der Waals surface area contributed by atoms with Crippen molar-refractivity contribution in [2.45, 2.75) is 89.4 Å². The number of hydrogen-bond donors (Lipinski definition) is 8. The van der Waals surface area contributed by atoms with Crippen molar-refractivity contribution in [3.63, 3.8) is 0 Å². The molecule has 7 heterocycles. The highest BCUT2D eigenvalue weighted by atomic mass is 16.5. The lowest BCUT2D eigenvalue weighted by Gasteiger charge is -2.35. The Labute approximate surface area is 718 Å². The molecule has 0 bridgehead atoms.